The van der Waals surface area contributed by atoms with E-state index in [1.165, 1.54) is 0 Å². The summed E-state index contributed by atoms with van der Waals surface area (Å²) in [6, 6.07) is 6.06. The van der Waals surface area contributed by atoms with E-state index in [0.717, 1.165) is 16.7 Å². The van der Waals surface area contributed by atoms with Gasteiger partial charge in [-0.1, -0.05) is 23.8 Å². The second-order valence-corrected chi connectivity index (χ2v) is 5.93. The molecular weight excluding hydrogens is 268 g/mol. The molecule has 0 spiro atoms. The molecule has 1 aromatic carbocycles. The van der Waals surface area contributed by atoms with Gasteiger partial charge in [-0.2, -0.15) is 0 Å². The predicted molar refractivity (Wildman–Crippen MR) is 80.8 cm³/mol. The molecule has 5 heteroatoms. The molecule has 1 saturated heterocycles. The van der Waals surface area contributed by atoms with E-state index in [2.05, 4.69) is 0 Å². The molecule has 0 aromatic heterocycles. The molecule has 116 valence electrons. The molecule has 0 radical (unpaired) electrons. The lowest BCUT2D eigenvalue weighted by Crippen LogP contribution is -2.52. The highest BCUT2D eigenvalue weighted by Crippen LogP contribution is 2.22. The zero-order chi connectivity index (χ0) is 15.6. The predicted octanol–water partition coefficient (Wildman–Crippen LogP) is 0.911. The fourth-order valence-electron chi connectivity index (χ4n) is 2.81. The maximum Gasteiger partial charge on any atom is 0.247 e. The quantitative estimate of drug-likeness (QED) is 0.865. The Bertz CT molecular complexity index is 518. The van der Waals surface area contributed by atoms with Gasteiger partial charge in [0.2, 0.25) is 5.91 Å². The van der Waals surface area contributed by atoms with E-state index in [4.69, 9.17) is 10.5 Å². The Hall–Kier alpha value is -1.43. The lowest BCUT2D eigenvalue weighted by atomic mass is 10.00. The van der Waals surface area contributed by atoms with Crippen LogP contribution < -0.4 is 5.73 Å². The van der Waals surface area contributed by atoms with Gasteiger partial charge in [-0.3, -0.25) is 9.69 Å². The second-order valence-electron chi connectivity index (χ2n) is 5.93. The highest BCUT2D eigenvalue weighted by atomic mass is 16.5. The summed E-state index contributed by atoms with van der Waals surface area (Å²) in [7, 11) is 0. The maximum atomic E-state index is 11.3. The smallest absolute Gasteiger partial charge is 0.247 e. The first kappa shape index (κ1) is 15.9. The van der Waals surface area contributed by atoms with Crippen molar-refractivity contribution < 1.29 is 14.6 Å². The normalized spacial score (nSPS) is 24.8. The minimum Gasteiger partial charge on any atom is -0.387 e. The van der Waals surface area contributed by atoms with E-state index >= 15 is 0 Å². The number of morpholine rings is 1. The van der Waals surface area contributed by atoms with Gasteiger partial charge in [0.1, 0.15) is 6.10 Å². The summed E-state index contributed by atoms with van der Waals surface area (Å²) < 4.78 is 5.51. The van der Waals surface area contributed by atoms with Crippen molar-refractivity contribution in [1.82, 2.24) is 4.90 Å². The monoisotopic (exact) mass is 292 g/mol. The van der Waals surface area contributed by atoms with Crippen molar-refractivity contribution in [1.29, 1.82) is 0 Å². The van der Waals surface area contributed by atoms with Crippen LogP contribution >= 0.6 is 0 Å². The van der Waals surface area contributed by atoms with Gasteiger partial charge in [0, 0.05) is 19.6 Å². The van der Waals surface area contributed by atoms with Crippen LogP contribution in [-0.4, -0.2) is 47.8 Å². The lowest BCUT2D eigenvalue weighted by molar-refractivity contribution is -0.143. The topological polar surface area (TPSA) is 75.8 Å². The van der Waals surface area contributed by atoms with E-state index in [0.29, 0.717) is 19.6 Å². The number of hydrogen-bond acceptors (Lipinski definition) is 4. The summed E-state index contributed by atoms with van der Waals surface area (Å²) in [4.78, 5) is 13.3. The van der Waals surface area contributed by atoms with Crippen molar-refractivity contribution in [2.75, 3.05) is 19.6 Å². The second kappa shape index (κ2) is 6.56. The van der Waals surface area contributed by atoms with E-state index < -0.39 is 18.1 Å². The number of ether oxygens (including phenoxy) is 1. The van der Waals surface area contributed by atoms with E-state index in [1.54, 1.807) is 0 Å². The number of nitrogens with two attached hydrogens (primary N) is 1. The molecule has 5 nitrogen and oxygen atoms in total. The molecule has 3 atom stereocenters. The molecule has 1 aliphatic rings. The van der Waals surface area contributed by atoms with Gasteiger partial charge in [0.15, 0.2) is 0 Å². The van der Waals surface area contributed by atoms with Crippen molar-refractivity contribution in [3.05, 3.63) is 34.9 Å². The van der Waals surface area contributed by atoms with Gasteiger partial charge >= 0.3 is 0 Å². The van der Waals surface area contributed by atoms with Crippen molar-refractivity contribution >= 4 is 5.91 Å². The number of nitrogens with zero attached hydrogens (tertiary/aromatic N) is 1. The van der Waals surface area contributed by atoms with Crippen LogP contribution in [-0.2, 0) is 9.53 Å². The summed E-state index contributed by atoms with van der Waals surface area (Å²) in [5, 5.41) is 10.5. The fraction of sp³-hybridized carbons (Fsp3) is 0.562. The Morgan fingerprint density at radius 2 is 2.19 bits per heavy atom. The molecule has 1 aliphatic heterocycles. The van der Waals surface area contributed by atoms with Gasteiger partial charge in [0.25, 0.3) is 0 Å². The number of aliphatic hydroxyl groups excluding tert-OH is 1. The molecule has 3 N–H and O–H groups in total. The van der Waals surface area contributed by atoms with Crippen LogP contribution in [0, 0.1) is 13.8 Å². The van der Waals surface area contributed by atoms with E-state index in [1.807, 2.05) is 43.9 Å². The van der Waals surface area contributed by atoms with Crippen LogP contribution in [0.15, 0.2) is 18.2 Å². The Kier molecular flexibility index (Phi) is 4.98. The van der Waals surface area contributed by atoms with Gasteiger partial charge < -0.3 is 15.6 Å². The van der Waals surface area contributed by atoms with Crippen LogP contribution in [0.3, 0.4) is 0 Å². The summed E-state index contributed by atoms with van der Waals surface area (Å²) >= 11 is 0. The minimum atomic E-state index is -0.598. The van der Waals surface area contributed by atoms with E-state index in [-0.39, 0.29) is 6.10 Å². The highest BCUT2D eigenvalue weighted by molar-refractivity contribution is 5.79. The molecular formula is C16H24N2O3. The van der Waals surface area contributed by atoms with Gasteiger partial charge in [-0.05, 0) is 31.9 Å². The number of carbonyl (C=O) groups excluding carboxylic acids is 1. The van der Waals surface area contributed by atoms with Gasteiger partial charge in [-0.25, -0.2) is 0 Å². The number of β-amino-alcohol motifs (C(OH)–C–C–N with tert-alkyl or cyclic N) is 1. The van der Waals surface area contributed by atoms with E-state index in [9.17, 15) is 9.90 Å². The highest BCUT2D eigenvalue weighted by Gasteiger charge is 2.30. The number of primary amides is 1. The largest absolute Gasteiger partial charge is 0.387 e. The Labute approximate surface area is 125 Å². The third-order valence-corrected chi connectivity index (χ3v) is 3.88. The van der Waals surface area contributed by atoms with Crippen molar-refractivity contribution in [2.45, 2.75) is 39.1 Å². The number of hydrogen-bond donors (Lipinski definition) is 2. The first-order chi connectivity index (χ1) is 9.86. The molecule has 2 rings (SSSR count). The summed E-state index contributed by atoms with van der Waals surface area (Å²) in [6.45, 7) is 7.50. The minimum absolute atomic E-state index is 0.0675. The molecule has 1 amide bonds. The van der Waals surface area contributed by atoms with Gasteiger partial charge in [-0.15, -0.1) is 0 Å². The van der Waals surface area contributed by atoms with Crippen LogP contribution in [0.4, 0.5) is 0 Å². The Morgan fingerprint density at radius 3 is 2.86 bits per heavy atom. The SMILES string of the molecule is Cc1ccc(C)c([C@@H](O)CN2C[C@@H](C)O[C@@H](C(N)=O)C2)c1. The number of aliphatic hydroxyl groups is 1. The van der Waals surface area contributed by atoms with Crippen LogP contribution in [0.25, 0.3) is 0 Å². The number of amides is 1. The first-order valence-electron chi connectivity index (χ1n) is 7.29. The Morgan fingerprint density at radius 1 is 1.48 bits per heavy atom. The molecule has 1 heterocycles. The number of benzene rings is 1. The van der Waals surface area contributed by atoms with Crippen LogP contribution in [0.1, 0.15) is 29.7 Å². The summed E-state index contributed by atoms with van der Waals surface area (Å²) in [6.07, 6.45) is -1.25. The zero-order valence-corrected chi connectivity index (χ0v) is 12.9. The molecule has 0 bridgehead atoms. The van der Waals surface area contributed by atoms with Crippen LogP contribution in [0.2, 0.25) is 0 Å². The standard InChI is InChI=1S/C16H24N2O3/c1-10-4-5-11(2)13(6-10)14(19)8-18-7-12(3)21-15(9-18)16(17)20/h4-6,12,14-15,19H,7-9H2,1-3H3,(H2,17,20)/t12-,14+,15-/m1/s1. The molecule has 0 unspecified atom stereocenters. The fourth-order valence-corrected chi connectivity index (χ4v) is 2.81. The molecule has 21 heavy (non-hydrogen) atoms. The molecule has 1 aromatic rings. The van der Waals surface area contributed by atoms with Crippen molar-refractivity contribution in [3.63, 3.8) is 0 Å². The zero-order valence-electron chi connectivity index (χ0n) is 12.9. The van der Waals surface area contributed by atoms with Crippen molar-refractivity contribution in [3.8, 4) is 0 Å². The first-order valence-corrected chi connectivity index (χ1v) is 7.29. The van der Waals surface area contributed by atoms with Gasteiger partial charge in [0.05, 0.1) is 12.2 Å². The van der Waals surface area contributed by atoms with Crippen LogP contribution in [0.5, 0.6) is 0 Å². The number of rotatable bonds is 4. The third kappa shape index (κ3) is 4.03. The summed E-state index contributed by atoms with van der Waals surface area (Å²) in [5.74, 6) is -0.451. The average molecular weight is 292 g/mol. The number of carbonyl (C=O) groups is 1. The molecule has 1 fully saturated rings. The maximum absolute atomic E-state index is 11.3. The molecule has 0 aliphatic carbocycles. The van der Waals surface area contributed by atoms with Crippen molar-refractivity contribution in [2.24, 2.45) is 5.73 Å². The average Bonchev–Trinajstić information content (AvgIpc) is 2.40. The summed E-state index contributed by atoms with van der Waals surface area (Å²) in [5.41, 5.74) is 8.45. The molecule has 0 saturated carbocycles. The third-order valence-electron chi connectivity index (χ3n) is 3.88. The lowest BCUT2D eigenvalue weighted by Gasteiger charge is -2.36. The number of aryl methyl sites for hydroxylation is 2. The Balaban J connectivity index is 2.06.